The van der Waals surface area contributed by atoms with E-state index in [2.05, 4.69) is 21.2 Å². The van der Waals surface area contributed by atoms with E-state index in [0.717, 1.165) is 5.56 Å². The van der Waals surface area contributed by atoms with Crippen molar-refractivity contribution < 1.29 is 28.6 Å². The van der Waals surface area contributed by atoms with Crippen molar-refractivity contribution in [1.82, 2.24) is 10.7 Å². The van der Waals surface area contributed by atoms with E-state index in [1.54, 1.807) is 38.3 Å². The summed E-state index contributed by atoms with van der Waals surface area (Å²) in [5.74, 6) is -0.684. The molecule has 10 heteroatoms. The Balaban J connectivity index is 1.85. The summed E-state index contributed by atoms with van der Waals surface area (Å²) in [6.45, 7) is 1.85. The third-order valence-electron chi connectivity index (χ3n) is 4.30. The number of hydrogen-bond acceptors (Lipinski definition) is 7. The van der Waals surface area contributed by atoms with Gasteiger partial charge in [0.05, 0.1) is 33.4 Å². The maximum Gasteiger partial charge on any atom is 0.329 e. The van der Waals surface area contributed by atoms with Gasteiger partial charge in [0.25, 0.3) is 0 Å². The van der Waals surface area contributed by atoms with Gasteiger partial charge in [0.15, 0.2) is 0 Å². The molecule has 2 aromatic carbocycles. The van der Waals surface area contributed by atoms with Gasteiger partial charge in [-0.3, -0.25) is 14.4 Å². The summed E-state index contributed by atoms with van der Waals surface area (Å²) in [5, 5.41) is 8.99. The number of rotatable bonds is 9. The van der Waals surface area contributed by atoms with Crippen LogP contribution in [0.1, 0.15) is 18.9 Å². The lowest BCUT2D eigenvalue weighted by molar-refractivity contribution is -0.136. The number of nitrogens with one attached hydrogen (secondary N) is 3. The normalized spacial score (nSPS) is 10.7. The molecule has 3 N–H and O–H groups in total. The zero-order chi connectivity index (χ0) is 23.5. The smallest absolute Gasteiger partial charge is 0.329 e. The van der Waals surface area contributed by atoms with Gasteiger partial charge in [-0.15, -0.1) is 0 Å². The highest BCUT2D eigenvalue weighted by molar-refractivity contribution is 6.39. The number of anilines is 1. The minimum absolute atomic E-state index is 0.0522. The van der Waals surface area contributed by atoms with E-state index < -0.39 is 11.8 Å². The Morgan fingerprint density at radius 3 is 2.31 bits per heavy atom. The van der Waals surface area contributed by atoms with Crippen molar-refractivity contribution in [3.8, 4) is 17.2 Å². The Hall–Kier alpha value is -4.08. The number of benzene rings is 2. The molecule has 2 aromatic rings. The number of ether oxygens (including phenoxy) is 3. The molecule has 0 aromatic heterocycles. The summed E-state index contributed by atoms with van der Waals surface area (Å²) in [5.41, 5.74) is 3.58. The fourth-order valence-electron chi connectivity index (χ4n) is 2.66. The van der Waals surface area contributed by atoms with Crippen molar-refractivity contribution >= 4 is 29.1 Å². The van der Waals surface area contributed by atoms with Gasteiger partial charge in [0.1, 0.15) is 17.2 Å². The summed E-state index contributed by atoms with van der Waals surface area (Å²) >= 11 is 0. The first kappa shape index (κ1) is 24.2. The Labute approximate surface area is 185 Å². The molecule has 0 aliphatic carbocycles. The highest BCUT2D eigenvalue weighted by atomic mass is 16.5. The van der Waals surface area contributed by atoms with Gasteiger partial charge in [0, 0.05) is 23.9 Å². The Kier molecular flexibility index (Phi) is 9.03. The fraction of sp³-hybridized carbons (Fsp3) is 0.273. The van der Waals surface area contributed by atoms with Gasteiger partial charge < -0.3 is 24.8 Å². The zero-order valence-corrected chi connectivity index (χ0v) is 18.4. The van der Waals surface area contributed by atoms with Crippen molar-refractivity contribution in [2.45, 2.75) is 19.9 Å². The van der Waals surface area contributed by atoms with Crippen LogP contribution >= 0.6 is 0 Å². The fourth-order valence-corrected chi connectivity index (χ4v) is 2.66. The van der Waals surface area contributed by atoms with Crippen molar-refractivity contribution in [2.24, 2.45) is 5.10 Å². The number of amides is 3. The minimum atomic E-state index is -0.989. The van der Waals surface area contributed by atoms with Gasteiger partial charge in [0.2, 0.25) is 5.91 Å². The second kappa shape index (κ2) is 11.9. The van der Waals surface area contributed by atoms with E-state index >= 15 is 0 Å². The van der Waals surface area contributed by atoms with Gasteiger partial charge in [-0.05, 0) is 25.1 Å². The molecule has 0 aliphatic heterocycles. The van der Waals surface area contributed by atoms with E-state index in [1.165, 1.54) is 14.2 Å². The molecule has 170 valence electrons. The molecular weight excluding hydrogens is 416 g/mol. The molecule has 0 saturated heterocycles. The van der Waals surface area contributed by atoms with Crippen LogP contribution in [0.5, 0.6) is 17.2 Å². The third kappa shape index (κ3) is 7.01. The van der Waals surface area contributed by atoms with E-state index in [0.29, 0.717) is 28.6 Å². The predicted octanol–water partition coefficient (Wildman–Crippen LogP) is 1.85. The van der Waals surface area contributed by atoms with E-state index in [-0.39, 0.29) is 18.9 Å². The van der Waals surface area contributed by atoms with Crippen molar-refractivity contribution in [3.63, 3.8) is 0 Å². The van der Waals surface area contributed by atoms with Crippen LogP contribution in [0.4, 0.5) is 5.69 Å². The zero-order valence-electron chi connectivity index (χ0n) is 18.4. The van der Waals surface area contributed by atoms with Crippen molar-refractivity contribution in [2.75, 3.05) is 26.6 Å². The highest BCUT2D eigenvalue weighted by Crippen LogP contribution is 2.28. The molecule has 0 unspecified atom stereocenters. The highest BCUT2D eigenvalue weighted by Gasteiger charge is 2.16. The maximum absolute atomic E-state index is 12.1. The second-order valence-corrected chi connectivity index (χ2v) is 6.57. The third-order valence-corrected chi connectivity index (χ3v) is 4.30. The van der Waals surface area contributed by atoms with Crippen LogP contribution in [-0.4, -0.2) is 44.8 Å². The van der Waals surface area contributed by atoms with E-state index in [1.807, 2.05) is 18.2 Å². The van der Waals surface area contributed by atoms with Crippen LogP contribution in [0.3, 0.4) is 0 Å². The molecule has 0 bridgehead atoms. The lowest BCUT2D eigenvalue weighted by Crippen LogP contribution is -2.33. The molecule has 10 nitrogen and oxygen atoms in total. The molecular formula is C22H26N4O6. The summed E-state index contributed by atoms with van der Waals surface area (Å²) in [4.78, 5) is 36.3. The quantitative estimate of drug-likeness (QED) is 0.309. The monoisotopic (exact) mass is 442 g/mol. The second-order valence-electron chi connectivity index (χ2n) is 6.57. The number of nitrogens with zero attached hydrogens (tertiary/aromatic N) is 1. The number of methoxy groups -OCH3 is 3. The average molecular weight is 442 g/mol. The SMILES string of the molecule is COc1ccc(NC(=O)C(=O)N/N=C(/C)CC(=O)NCc2ccccc2OC)c(OC)c1. The molecule has 0 heterocycles. The van der Waals surface area contributed by atoms with E-state index in [9.17, 15) is 14.4 Å². The lowest BCUT2D eigenvalue weighted by Gasteiger charge is -2.11. The maximum atomic E-state index is 12.1. The lowest BCUT2D eigenvalue weighted by atomic mass is 10.2. The summed E-state index contributed by atoms with van der Waals surface area (Å²) in [7, 11) is 4.48. The molecule has 0 fully saturated rings. The first-order chi connectivity index (χ1) is 15.4. The van der Waals surface area contributed by atoms with Gasteiger partial charge in [-0.2, -0.15) is 5.10 Å². The average Bonchev–Trinajstić information content (AvgIpc) is 2.81. The Bertz CT molecular complexity index is 1010. The summed E-state index contributed by atoms with van der Waals surface area (Å²) in [6.07, 6.45) is -0.0522. The molecule has 0 atom stereocenters. The topological polar surface area (TPSA) is 127 Å². The predicted molar refractivity (Wildman–Crippen MR) is 119 cm³/mol. The number of hydrogen-bond donors (Lipinski definition) is 3. The number of para-hydroxylation sites is 1. The molecule has 0 saturated carbocycles. The van der Waals surface area contributed by atoms with Crippen LogP contribution in [0, 0.1) is 0 Å². The first-order valence-corrected chi connectivity index (χ1v) is 9.63. The molecule has 2 rings (SSSR count). The van der Waals surface area contributed by atoms with Crippen LogP contribution in [0.25, 0.3) is 0 Å². The van der Waals surface area contributed by atoms with Gasteiger partial charge in [-0.25, -0.2) is 5.43 Å². The van der Waals surface area contributed by atoms with Crippen LogP contribution in [-0.2, 0) is 20.9 Å². The molecule has 32 heavy (non-hydrogen) atoms. The first-order valence-electron chi connectivity index (χ1n) is 9.63. The van der Waals surface area contributed by atoms with Gasteiger partial charge >= 0.3 is 11.8 Å². The number of hydrazone groups is 1. The Morgan fingerprint density at radius 2 is 1.62 bits per heavy atom. The summed E-state index contributed by atoms with van der Waals surface area (Å²) < 4.78 is 15.5. The van der Waals surface area contributed by atoms with Crippen molar-refractivity contribution in [3.05, 3.63) is 48.0 Å². The van der Waals surface area contributed by atoms with Gasteiger partial charge in [-0.1, -0.05) is 18.2 Å². The van der Waals surface area contributed by atoms with Crippen LogP contribution in [0.2, 0.25) is 0 Å². The molecule has 0 spiro atoms. The molecule has 0 radical (unpaired) electrons. The largest absolute Gasteiger partial charge is 0.497 e. The Morgan fingerprint density at radius 1 is 0.906 bits per heavy atom. The van der Waals surface area contributed by atoms with Crippen LogP contribution in [0.15, 0.2) is 47.6 Å². The van der Waals surface area contributed by atoms with Crippen molar-refractivity contribution in [1.29, 1.82) is 0 Å². The number of carbonyl (C=O) groups excluding carboxylic acids is 3. The molecule has 0 aliphatic rings. The summed E-state index contributed by atoms with van der Waals surface area (Å²) in [6, 6.07) is 12.1. The van der Waals surface area contributed by atoms with Crippen LogP contribution < -0.4 is 30.3 Å². The van der Waals surface area contributed by atoms with E-state index in [4.69, 9.17) is 14.2 Å². The minimum Gasteiger partial charge on any atom is -0.497 e. The molecule has 3 amide bonds. The number of carbonyl (C=O) groups is 3. The standard InChI is InChI=1S/C22H26N4O6/c1-14(11-20(27)23-13-15-7-5-6-8-18(15)31-3)25-26-22(29)21(28)24-17-10-9-16(30-2)12-19(17)32-4/h5-10,12H,11,13H2,1-4H3,(H,23,27)(H,24,28)(H,26,29)/b25-14-.